The third kappa shape index (κ3) is 16.6. The van der Waals surface area contributed by atoms with E-state index in [1.54, 1.807) is 6.92 Å². The normalized spacial score (nSPS) is 10.1. The summed E-state index contributed by atoms with van der Waals surface area (Å²) in [4.78, 5) is 13.5. The zero-order valence-electron chi connectivity index (χ0n) is 12.4. The van der Waals surface area contributed by atoms with E-state index >= 15 is 0 Å². The van der Waals surface area contributed by atoms with E-state index in [-0.39, 0.29) is 12.6 Å². The van der Waals surface area contributed by atoms with E-state index in [0.29, 0.717) is 59.4 Å². The molecule has 0 spiro atoms. The Balaban J connectivity index is 3.05. The fraction of sp³-hybridized carbons (Fsp3) is 0.917. The molecule has 0 aromatic carbocycles. The van der Waals surface area contributed by atoms with Crippen LogP contribution in [0.2, 0.25) is 0 Å². The molecule has 0 saturated heterocycles. The highest BCUT2D eigenvalue weighted by atomic mass is 16.6. The van der Waals surface area contributed by atoms with Crippen molar-refractivity contribution in [3.63, 3.8) is 0 Å². The van der Waals surface area contributed by atoms with Gasteiger partial charge in [0.15, 0.2) is 0 Å². The van der Waals surface area contributed by atoms with Gasteiger partial charge in [0.2, 0.25) is 0 Å². The van der Waals surface area contributed by atoms with Gasteiger partial charge in [-0.05, 0) is 12.5 Å². The van der Waals surface area contributed by atoms with Crippen molar-refractivity contribution in [1.82, 2.24) is 0 Å². The van der Waals surface area contributed by atoms with Crippen LogP contribution < -0.4 is 0 Å². The third-order valence-electron chi connectivity index (χ3n) is 2.04. The standard InChI is InChI=1S/C12H23N3O6/c1-2-21-12(16)11-20-10-9-19-8-7-18-6-5-17-4-3-14-15-13/h2-11H2,1H3. The quantitative estimate of drug-likeness (QED) is 0.146. The molecule has 0 atom stereocenters. The van der Waals surface area contributed by atoms with Gasteiger partial charge in [0.1, 0.15) is 6.61 Å². The lowest BCUT2D eigenvalue weighted by atomic mass is 10.6. The predicted octanol–water partition coefficient (Wildman–Crippen LogP) is 0.926. The van der Waals surface area contributed by atoms with E-state index in [2.05, 4.69) is 10.0 Å². The molecule has 0 aromatic heterocycles. The first-order valence-electron chi connectivity index (χ1n) is 6.78. The fourth-order valence-electron chi connectivity index (χ4n) is 1.17. The van der Waals surface area contributed by atoms with Crippen LogP contribution in [0.5, 0.6) is 0 Å². The first-order chi connectivity index (χ1) is 10.3. The van der Waals surface area contributed by atoms with E-state index in [1.807, 2.05) is 0 Å². The number of ether oxygens (including phenoxy) is 5. The molecule has 0 fully saturated rings. The molecular weight excluding hydrogens is 282 g/mol. The van der Waals surface area contributed by atoms with Gasteiger partial charge < -0.3 is 23.7 Å². The number of nitrogens with zero attached hydrogens (tertiary/aromatic N) is 3. The average Bonchev–Trinajstić information content (AvgIpc) is 2.48. The summed E-state index contributed by atoms with van der Waals surface area (Å²) in [5.74, 6) is -0.374. The fourth-order valence-corrected chi connectivity index (χ4v) is 1.17. The Morgan fingerprint density at radius 2 is 1.48 bits per heavy atom. The van der Waals surface area contributed by atoms with E-state index in [1.165, 1.54) is 0 Å². The molecule has 0 aliphatic heterocycles. The van der Waals surface area contributed by atoms with Gasteiger partial charge in [0, 0.05) is 11.5 Å². The van der Waals surface area contributed by atoms with Crippen LogP contribution >= 0.6 is 0 Å². The second kappa shape index (κ2) is 16.7. The molecule has 21 heavy (non-hydrogen) atoms. The number of esters is 1. The van der Waals surface area contributed by atoms with E-state index < -0.39 is 0 Å². The zero-order valence-corrected chi connectivity index (χ0v) is 12.4. The lowest BCUT2D eigenvalue weighted by molar-refractivity contribution is -0.149. The number of hydrogen-bond donors (Lipinski definition) is 0. The molecule has 0 rings (SSSR count). The Kier molecular flexibility index (Phi) is 15.6. The Morgan fingerprint density at radius 3 is 2.00 bits per heavy atom. The second-order valence-corrected chi connectivity index (χ2v) is 3.65. The minimum Gasteiger partial charge on any atom is -0.464 e. The van der Waals surface area contributed by atoms with Gasteiger partial charge in [-0.1, -0.05) is 5.11 Å². The first-order valence-corrected chi connectivity index (χ1v) is 6.78. The molecule has 0 heterocycles. The number of azide groups is 1. The molecule has 0 radical (unpaired) electrons. The van der Waals surface area contributed by atoms with E-state index in [4.69, 9.17) is 29.2 Å². The maximum absolute atomic E-state index is 10.9. The largest absolute Gasteiger partial charge is 0.464 e. The van der Waals surface area contributed by atoms with Crippen molar-refractivity contribution >= 4 is 5.97 Å². The molecular formula is C12H23N3O6. The van der Waals surface area contributed by atoms with Gasteiger partial charge in [-0.2, -0.15) is 0 Å². The molecule has 9 heteroatoms. The van der Waals surface area contributed by atoms with Crippen molar-refractivity contribution < 1.29 is 28.5 Å². The van der Waals surface area contributed by atoms with E-state index in [0.717, 1.165) is 0 Å². The van der Waals surface area contributed by atoms with Crippen LogP contribution in [-0.2, 0) is 28.5 Å². The van der Waals surface area contributed by atoms with Gasteiger partial charge in [0.05, 0.1) is 52.9 Å². The monoisotopic (exact) mass is 305 g/mol. The topological polar surface area (TPSA) is 112 Å². The summed E-state index contributed by atoms with van der Waals surface area (Å²) in [5, 5.41) is 3.33. The summed E-state index contributed by atoms with van der Waals surface area (Å²) in [6.07, 6.45) is 0. The summed E-state index contributed by atoms with van der Waals surface area (Å²) in [6, 6.07) is 0. The van der Waals surface area contributed by atoms with Crippen LogP contribution in [-0.4, -0.2) is 72.0 Å². The second-order valence-electron chi connectivity index (χ2n) is 3.65. The molecule has 122 valence electrons. The van der Waals surface area contributed by atoms with Crippen molar-refractivity contribution in [3.8, 4) is 0 Å². The number of hydrogen-bond acceptors (Lipinski definition) is 7. The van der Waals surface area contributed by atoms with Crippen LogP contribution in [0.25, 0.3) is 10.4 Å². The summed E-state index contributed by atoms with van der Waals surface area (Å²) in [5.41, 5.74) is 8.03. The molecule has 0 unspecified atom stereocenters. The maximum Gasteiger partial charge on any atom is 0.332 e. The van der Waals surface area contributed by atoms with Gasteiger partial charge >= 0.3 is 5.97 Å². The smallest absolute Gasteiger partial charge is 0.332 e. The number of carbonyl (C=O) groups excluding carboxylic acids is 1. The molecule has 0 saturated carbocycles. The van der Waals surface area contributed by atoms with Crippen LogP contribution in [0.3, 0.4) is 0 Å². The highest BCUT2D eigenvalue weighted by molar-refractivity contribution is 5.70. The predicted molar refractivity (Wildman–Crippen MR) is 73.9 cm³/mol. The molecule has 0 aliphatic carbocycles. The minimum atomic E-state index is -0.374. The third-order valence-corrected chi connectivity index (χ3v) is 2.04. The van der Waals surface area contributed by atoms with Crippen LogP contribution in [0, 0.1) is 0 Å². The average molecular weight is 305 g/mol. The zero-order chi connectivity index (χ0) is 15.6. The SMILES string of the molecule is CCOC(=O)COCCOCCOCCOCCN=[N+]=[N-]. The van der Waals surface area contributed by atoms with E-state index in [9.17, 15) is 4.79 Å². The van der Waals surface area contributed by atoms with Crippen molar-refractivity contribution in [1.29, 1.82) is 0 Å². The van der Waals surface area contributed by atoms with Gasteiger partial charge in [-0.3, -0.25) is 0 Å². The first kappa shape index (κ1) is 19.6. The van der Waals surface area contributed by atoms with Crippen LogP contribution in [0.1, 0.15) is 6.92 Å². The highest BCUT2D eigenvalue weighted by Crippen LogP contribution is 1.85. The highest BCUT2D eigenvalue weighted by Gasteiger charge is 2.00. The van der Waals surface area contributed by atoms with Gasteiger partial charge in [-0.25, -0.2) is 4.79 Å². The van der Waals surface area contributed by atoms with Gasteiger partial charge in [0.25, 0.3) is 0 Å². The lowest BCUT2D eigenvalue weighted by Gasteiger charge is -2.07. The Bertz CT molecular complexity index is 297. The van der Waals surface area contributed by atoms with Gasteiger partial charge in [-0.15, -0.1) is 0 Å². The molecule has 0 N–H and O–H groups in total. The summed E-state index contributed by atoms with van der Waals surface area (Å²) in [7, 11) is 0. The molecule has 0 amide bonds. The molecule has 0 aliphatic rings. The molecule has 0 bridgehead atoms. The Labute approximate surface area is 124 Å². The molecule has 0 aromatic rings. The molecule has 9 nitrogen and oxygen atoms in total. The minimum absolute atomic E-state index is 0.0547. The lowest BCUT2D eigenvalue weighted by Crippen LogP contribution is -2.16. The maximum atomic E-state index is 10.9. The van der Waals surface area contributed by atoms with Crippen molar-refractivity contribution in [2.75, 3.05) is 66.0 Å². The summed E-state index contributed by atoms with van der Waals surface area (Å²) < 4.78 is 25.4. The van der Waals surface area contributed by atoms with Crippen molar-refractivity contribution in [3.05, 3.63) is 10.4 Å². The van der Waals surface area contributed by atoms with Crippen molar-refractivity contribution in [2.24, 2.45) is 5.11 Å². The Morgan fingerprint density at radius 1 is 0.952 bits per heavy atom. The number of carbonyl (C=O) groups is 1. The van der Waals surface area contributed by atoms with Crippen LogP contribution in [0.4, 0.5) is 0 Å². The number of rotatable bonds is 15. The summed E-state index contributed by atoms with van der Waals surface area (Å²) in [6.45, 7) is 5.29. The summed E-state index contributed by atoms with van der Waals surface area (Å²) >= 11 is 0. The van der Waals surface area contributed by atoms with Crippen molar-refractivity contribution in [2.45, 2.75) is 6.92 Å². The van der Waals surface area contributed by atoms with Crippen LogP contribution in [0.15, 0.2) is 5.11 Å². The Hall–Kier alpha value is -1.38.